The van der Waals surface area contributed by atoms with Gasteiger partial charge in [-0.25, -0.2) is 0 Å². The predicted octanol–water partition coefficient (Wildman–Crippen LogP) is 2.68. The van der Waals surface area contributed by atoms with E-state index in [-0.39, 0.29) is 12.5 Å². The number of carboxylic acid groups (broad SMARTS) is 1. The van der Waals surface area contributed by atoms with Crippen molar-refractivity contribution >= 4 is 23.6 Å². The molecule has 1 amide bonds. The van der Waals surface area contributed by atoms with Crippen molar-refractivity contribution in [1.29, 1.82) is 0 Å². The van der Waals surface area contributed by atoms with Crippen LogP contribution in [0.2, 0.25) is 0 Å². The number of carbonyl (C=O) groups is 2. The van der Waals surface area contributed by atoms with Crippen LogP contribution < -0.4 is 5.32 Å². The number of carbonyl (C=O) groups excluding carboxylic acids is 1. The maximum Gasteiger partial charge on any atom is 0.315 e. The van der Waals surface area contributed by atoms with Crippen molar-refractivity contribution in [2.24, 2.45) is 0 Å². The summed E-state index contributed by atoms with van der Waals surface area (Å²) in [5.41, 5.74) is -0.340. The molecule has 1 aromatic rings. The third kappa shape index (κ3) is 4.77. The van der Waals surface area contributed by atoms with Crippen molar-refractivity contribution in [1.82, 2.24) is 5.32 Å². The molecule has 0 aliphatic heterocycles. The summed E-state index contributed by atoms with van der Waals surface area (Å²) in [7, 11) is 0. The number of benzene rings is 1. The van der Waals surface area contributed by atoms with Crippen LogP contribution in [0.15, 0.2) is 30.3 Å². The van der Waals surface area contributed by atoms with E-state index in [9.17, 15) is 14.7 Å². The summed E-state index contributed by atoms with van der Waals surface area (Å²) in [4.78, 5) is 23.6. The highest BCUT2D eigenvalue weighted by Gasteiger charge is 2.38. The maximum atomic E-state index is 11.8. The highest BCUT2D eigenvalue weighted by atomic mass is 32.2. The summed E-state index contributed by atoms with van der Waals surface area (Å²) in [6.07, 6.45) is 1.45. The molecule has 0 aliphatic rings. The molecule has 0 fully saturated rings. The Morgan fingerprint density at radius 2 is 1.90 bits per heavy atom. The van der Waals surface area contributed by atoms with Gasteiger partial charge in [-0.05, 0) is 24.2 Å². The van der Waals surface area contributed by atoms with Crippen LogP contribution >= 0.6 is 11.8 Å². The molecular formula is C16H23NO3S. The zero-order chi connectivity index (χ0) is 15.7. The second kappa shape index (κ2) is 8.72. The van der Waals surface area contributed by atoms with Crippen molar-refractivity contribution in [2.75, 3.05) is 18.1 Å². The average molecular weight is 309 g/mol. The van der Waals surface area contributed by atoms with Gasteiger partial charge in [-0.15, -0.1) is 0 Å². The first-order valence-electron chi connectivity index (χ1n) is 7.20. The Morgan fingerprint density at radius 3 is 2.43 bits per heavy atom. The molecule has 5 heteroatoms. The van der Waals surface area contributed by atoms with Gasteiger partial charge >= 0.3 is 5.97 Å². The van der Waals surface area contributed by atoms with E-state index in [2.05, 4.69) is 12.2 Å². The van der Waals surface area contributed by atoms with Gasteiger partial charge in [0.1, 0.15) is 5.41 Å². The standard InChI is InChI=1S/C16H23NO3S/c1-3-10-21-11-14(18)17-12-16(4-2,15(19)20)13-8-6-5-7-9-13/h5-9H,3-4,10-12H2,1-2H3,(H,17,18)(H,19,20). The fourth-order valence-corrected chi connectivity index (χ4v) is 2.87. The zero-order valence-corrected chi connectivity index (χ0v) is 13.4. The van der Waals surface area contributed by atoms with Crippen LogP contribution in [0.25, 0.3) is 0 Å². The highest BCUT2D eigenvalue weighted by molar-refractivity contribution is 7.99. The topological polar surface area (TPSA) is 66.4 Å². The minimum atomic E-state index is -1.06. The van der Waals surface area contributed by atoms with Crippen LogP contribution in [-0.2, 0) is 15.0 Å². The fourth-order valence-electron chi connectivity index (χ4n) is 2.15. The van der Waals surface area contributed by atoms with E-state index < -0.39 is 11.4 Å². The molecule has 0 spiro atoms. The molecule has 1 rings (SSSR count). The molecule has 2 N–H and O–H groups in total. The smallest absolute Gasteiger partial charge is 0.315 e. The van der Waals surface area contributed by atoms with Crippen LogP contribution in [0.4, 0.5) is 0 Å². The number of carboxylic acids is 1. The van der Waals surface area contributed by atoms with Crippen LogP contribution in [0.1, 0.15) is 32.3 Å². The number of amides is 1. The van der Waals surface area contributed by atoms with E-state index in [0.717, 1.165) is 17.7 Å². The van der Waals surface area contributed by atoms with Gasteiger partial charge in [0.05, 0.1) is 5.75 Å². The van der Waals surface area contributed by atoms with E-state index in [1.807, 2.05) is 25.1 Å². The Hall–Kier alpha value is -1.49. The van der Waals surface area contributed by atoms with E-state index in [1.165, 1.54) is 0 Å². The van der Waals surface area contributed by atoms with Crippen LogP contribution in [0.5, 0.6) is 0 Å². The minimum Gasteiger partial charge on any atom is -0.481 e. The number of aliphatic carboxylic acids is 1. The van der Waals surface area contributed by atoms with Crippen molar-refractivity contribution in [3.8, 4) is 0 Å². The van der Waals surface area contributed by atoms with E-state index in [0.29, 0.717) is 12.2 Å². The predicted molar refractivity (Wildman–Crippen MR) is 86.7 cm³/mol. The van der Waals surface area contributed by atoms with Gasteiger partial charge in [-0.3, -0.25) is 9.59 Å². The molecule has 1 atom stereocenters. The number of rotatable bonds is 9. The van der Waals surface area contributed by atoms with E-state index in [4.69, 9.17) is 0 Å². The minimum absolute atomic E-state index is 0.108. The Bertz CT molecular complexity index is 464. The first kappa shape index (κ1) is 17.6. The van der Waals surface area contributed by atoms with Gasteiger partial charge in [-0.2, -0.15) is 11.8 Å². The summed E-state index contributed by atoms with van der Waals surface area (Å²) in [5, 5.41) is 12.4. The molecule has 4 nitrogen and oxygen atoms in total. The number of thioether (sulfide) groups is 1. The largest absolute Gasteiger partial charge is 0.481 e. The molecule has 0 heterocycles. The van der Waals surface area contributed by atoms with Crippen LogP contribution in [-0.4, -0.2) is 35.0 Å². The summed E-state index contributed by atoms with van der Waals surface area (Å²) in [6.45, 7) is 4.01. The summed E-state index contributed by atoms with van der Waals surface area (Å²) in [6, 6.07) is 9.10. The van der Waals surface area contributed by atoms with Crippen molar-refractivity contribution in [3.63, 3.8) is 0 Å². The third-order valence-electron chi connectivity index (χ3n) is 3.51. The Kier molecular flexibility index (Phi) is 7.29. The average Bonchev–Trinajstić information content (AvgIpc) is 2.49. The van der Waals surface area contributed by atoms with E-state index >= 15 is 0 Å². The summed E-state index contributed by atoms with van der Waals surface area (Å²) < 4.78 is 0. The van der Waals surface area contributed by atoms with E-state index in [1.54, 1.807) is 23.9 Å². The monoisotopic (exact) mass is 309 g/mol. The molecule has 0 aliphatic carbocycles. The van der Waals surface area contributed by atoms with Crippen molar-refractivity contribution < 1.29 is 14.7 Å². The highest BCUT2D eigenvalue weighted by Crippen LogP contribution is 2.27. The van der Waals surface area contributed by atoms with Crippen molar-refractivity contribution in [2.45, 2.75) is 32.1 Å². The normalized spacial score (nSPS) is 13.4. The van der Waals surface area contributed by atoms with Gasteiger partial charge < -0.3 is 10.4 Å². The van der Waals surface area contributed by atoms with Crippen molar-refractivity contribution in [3.05, 3.63) is 35.9 Å². The zero-order valence-electron chi connectivity index (χ0n) is 12.6. The first-order chi connectivity index (χ1) is 10.1. The lowest BCUT2D eigenvalue weighted by molar-refractivity contribution is -0.144. The van der Waals surface area contributed by atoms with Crippen LogP contribution in [0.3, 0.4) is 0 Å². The lowest BCUT2D eigenvalue weighted by atomic mass is 9.78. The molecule has 116 valence electrons. The lowest BCUT2D eigenvalue weighted by Crippen LogP contribution is -2.46. The fraction of sp³-hybridized carbons (Fsp3) is 0.500. The Labute approximate surface area is 130 Å². The maximum absolute atomic E-state index is 11.8. The number of hydrogen-bond acceptors (Lipinski definition) is 3. The Balaban J connectivity index is 2.76. The third-order valence-corrected chi connectivity index (χ3v) is 4.67. The number of nitrogens with one attached hydrogen (secondary N) is 1. The van der Waals surface area contributed by atoms with Gasteiger partial charge in [0.15, 0.2) is 0 Å². The van der Waals surface area contributed by atoms with Gasteiger partial charge in [0.2, 0.25) is 5.91 Å². The summed E-state index contributed by atoms with van der Waals surface area (Å²) in [5.74, 6) is 0.299. The SMILES string of the molecule is CCCSCC(=O)NCC(CC)(C(=O)O)c1ccccc1. The van der Waals surface area contributed by atoms with Gasteiger partial charge in [-0.1, -0.05) is 44.2 Å². The van der Waals surface area contributed by atoms with Gasteiger partial charge in [0.25, 0.3) is 0 Å². The lowest BCUT2D eigenvalue weighted by Gasteiger charge is -2.29. The molecule has 1 unspecified atom stereocenters. The van der Waals surface area contributed by atoms with Crippen LogP contribution in [0, 0.1) is 0 Å². The second-order valence-corrected chi connectivity index (χ2v) is 6.04. The molecule has 21 heavy (non-hydrogen) atoms. The second-order valence-electron chi connectivity index (χ2n) is 4.94. The molecule has 0 saturated heterocycles. The number of hydrogen-bond donors (Lipinski definition) is 2. The molecular weight excluding hydrogens is 286 g/mol. The molecule has 1 aromatic carbocycles. The quantitative estimate of drug-likeness (QED) is 0.688. The molecule has 0 saturated carbocycles. The molecule has 0 aromatic heterocycles. The summed E-state index contributed by atoms with van der Waals surface area (Å²) >= 11 is 1.56. The van der Waals surface area contributed by atoms with Gasteiger partial charge in [0, 0.05) is 6.54 Å². The molecule has 0 bridgehead atoms. The Morgan fingerprint density at radius 1 is 1.24 bits per heavy atom. The molecule has 0 radical (unpaired) electrons. The first-order valence-corrected chi connectivity index (χ1v) is 8.35.